The number of likely N-dealkylation sites (tertiary alicyclic amines) is 1. The van der Waals surface area contributed by atoms with Crippen molar-refractivity contribution in [3.05, 3.63) is 88.7 Å². The zero-order chi connectivity index (χ0) is 34.8. The zero-order valence-corrected chi connectivity index (χ0v) is 27.2. The van der Waals surface area contributed by atoms with E-state index in [9.17, 15) is 24.3 Å². The van der Waals surface area contributed by atoms with E-state index in [0.717, 1.165) is 0 Å². The minimum atomic E-state index is -1.39. The van der Waals surface area contributed by atoms with Gasteiger partial charge in [-0.05, 0) is 66.0 Å². The van der Waals surface area contributed by atoms with Crippen LogP contribution in [0.1, 0.15) is 55.9 Å². The number of carbonyl (C=O) groups excluding carboxylic acids is 3. The van der Waals surface area contributed by atoms with E-state index in [1.807, 2.05) is 0 Å². The number of quaternary nitrogens is 1. The largest absolute Gasteiger partial charge is 0.556 e. The number of carboxylic acid groups (broad SMARTS) is 1. The number of anilines is 1. The molecular formula is C34H39FN3O10+. The Kier molecular flexibility index (Phi) is 12.1. The topological polar surface area (TPSA) is 150 Å². The Bertz CT molecular complexity index is 1610. The van der Waals surface area contributed by atoms with Crippen molar-refractivity contribution in [2.45, 2.75) is 25.3 Å². The van der Waals surface area contributed by atoms with Crippen LogP contribution >= 0.6 is 0 Å². The van der Waals surface area contributed by atoms with Crippen molar-refractivity contribution < 1.29 is 57.1 Å². The number of rotatable bonds is 12. The number of benzene rings is 3. The highest BCUT2D eigenvalue weighted by molar-refractivity contribution is 6.11. The second-order valence-electron chi connectivity index (χ2n) is 11.3. The minimum absolute atomic E-state index is 0.0126. The number of carbonyl (C=O) groups is 4. The second-order valence-corrected chi connectivity index (χ2v) is 11.3. The number of nitrogens with zero attached hydrogens (tertiary/aromatic N) is 2. The Morgan fingerprint density at radius 2 is 1.50 bits per heavy atom. The summed E-state index contributed by atoms with van der Waals surface area (Å²) in [5.74, 6) is -2.35. The summed E-state index contributed by atoms with van der Waals surface area (Å²) >= 11 is 0. The predicted molar refractivity (Wildman–Crippen MR) is 171 cm³/mol. The van der Waals surface area contributed by atoms with E-state index in [-0.39, 0.29) is 54.8 Å². The van der Waals surface area contributed by atoms with Gasteiger partial charge in [-0.1, -0.05) is 12.1 Å². The summed E-state index contributed by atoms with van der Waals surface area (Å²) in [6, 6.07) is 14.0. The molecule has 2 atom stereocenters. The van der Waals surface area contributed by atoms with Crippen molar-refractivity contribution >= 4 is 29.4 Å². The summed E-state index contributed by atoms with van der Waals surface area (Å²) in [5, 5.41) is 13.1. The van der Waals surface area contributed by atoms with E-state index in [1.165, 1.54) is 55.5 Å². The standard InChI is InChI=1S/C34H38FN3O10/c1-37(2)27-16-17-28(47-21-45-4)29(30(27)35)31(39)22-8-10-24(11-9-22)33(41)48-38(34(42)43)18-6-5-7-25(19-38)36-32(40)23-12-14-26(15-13-23)46-20-44-3/h8-17,25H,5-7,18-21H2,1-4H3,(H-,36,40,42,43)/p+1. The lowest BCUT2D eigenvalue weighted by atomic mass is 9.99. The monoisotopic (exact) mass is 668 g/mol. The van der Waals surface area contributed by atoms with Crippen molar-refractivity contribution in [1.82, 2.24) is 5.32 Å². The summed E-state index contributed by atoms with van der Waals surface area (Å²) < 4.78 is 35.0. The molecule has 2 amide bonds. The third-order valence-electron chi connectivity index (χ3n) is 7.75. The molecule has 0 aliphatic carbocycles. The first-order chi connectivity index (χ1) is 23.0. The molecule has 1 fully saturated rings. The molecule has 1 aliphatic rings. The number of hydroxylamine groups is 3. The molecule has 3 aromatic carbocycles. The first-order valence-electron chi connectivity index (χ1n) is 15.1. The van der Waals surface area contributed by atoms with Crippen molar-refractivity contribution in [3.8, 4) is 11.5 Å². The number of ketones is 1. The lowest BCUT2D eigenvalue weighted by Gasteiger charge is -2.30. The lowest BCUT2D eigenvalue weighted by Crippen LogP contribution is -2.58. The third kappa shape index (κ3) is 8.45. The van der Waals surface area contributed by atoms with Gasteiger partial charge < -0.3 is 34.3 Å². The van der Waals surface area contributed by atoms with Crippen molar-refractivity contribution in [2.24, 2.45) is 0 Å². The van der Waals surface area contributed by atoms with Gasteiger partial charge >= 0.3 is 12.1 Å². The first kappa shape index (κ1) is 35.8. The zero-order valence-electron chi connectivity index (χ0n) is 27.2. The maximum Gasteiger partial charge on any atom is 0.556 e. The van der Waals surface area contributed by atoms with Gasteiger partial charge in [0.1, 0.15) is 23.6 Å². The molecule has 3 aromatic rings. The Hall–Kier alpha value is -5.05. The van der Waals surface area contributed by atoms with Crippen LogP contribution in [0, 0.1) is 5.82 Å². The fourth-order valence-electron chi connectivity index (χ4n) is 5.27. The number of halogens is 1. The quantitative estimate of drug-likeness (QED) is 0.158. The maximum atomic E-state index is 15.5. The average Bonchev–Trinajstić information content (AvgIpc) is 3.28. The van der Waals surface area contributed by atoms with E-state index in [0.29, 0.717) is 30.6 Å². The molecule has 1 heterocycles. The first-order valence-corrected chi connectivity index (χ1v) is 15.1. The summed E-state index contributed by atoms with van der Waals surface area (Å²) in [6.45, 7) is -0.371. The number of ether oxygens (including phenoxy) is 4. The molecular weight excluding hydrogens is 629 g/mol. The average molecular weight is 669 g/mol. The number of methoxy groups -OCH3 is 2. The van der Waals surface area contributed by atoms with E-state index in [1.54, 1.807) is 38.4 Å². The van der Waals surface area contributed by atoms with Crippen LogP contribution < -0.4 is 19.7 Å². The fourth-order valence-corrected chi connectivity index (χ4v) is 5.27. The Morgan fingerprint density at radius 3 is 2.12 bits per heavy atom. The van der Waals surface area contributed by atoms with Crippen LogP contribution in [0.15, 0.2) is 60.7 Å². The molecule has 0 aromatic heterocycles. The lowest BCUT2D eigenvalue weighted by molar-refractivity contribution is -1.03. The van der Waals surface area contributed by atoms with Crippen molar-refractivity contribution in [2.75, 3.05) is 59.9 Å². The molecule has 48 heavy (non-hydrogen) atoms. The Balaban J connectivity index is 1.50. The second kappa shape index (κ2) is 16.2. The molecule has 0 saturated carbocycles. The Morgan fingerprint density at radius 1 is 0.875 bits per heavy atom. The van der Waals surface area contributed by atoms with E-state index < -0.39 is 40.3 Å². The van der Waals surface area contributed by atoms with Gasteiger partial charge in [0.25, 0.3) is 5.91 Å². The fraction of sp³-hybridized carbons (Fsp3) is 0.353. The SMILES string of the molecule is COCOc1ccc(C(=O)NC2CCCC[N+](OC(=O)c3ccc(C(=O)c4c(OCOC)ccc(N(C)C)c4F)cc3)(C(=O)O)C2)cc1. The van der Waals surface area contributed by atoms with Crippen molar-refractivity contribution in [3.63, 3.8) is 0 Å². The molecule has 0 bridgehead atoms. The summed E-state index contributed by atoms with van der Waals surface area (Å²) in [6.07, 6.45) is 0.105. The van der Waals surface area contributed by atoms with Crippen LogP contribution in [0.5, 0.6) is 11.5 Å². The van der Waals surface area contributed by atoms with Crippen molar-refractivity contribution in [1.29, 1.82) is 0 Å². The summed E-state index contributed by atoms with van der Waals surface area (Å²) in [5.41, 5.74) is 0.237. The van der Waals surface area contributed by atoms with Gasteiger partial charge in [-0.2, -0.15) is 4.79 Å². The molecule has 1 saturated heterocycles. The van der Waals surface area contributed by atoms with Crippen LogP contribution in [0.2, 0.25) is 0 Å². The van der Waals surface area contributed by atoms with Gasteiger partial charge in [0, 0.05) is 45.9 Å². The van der Waals surface area contributed by atoms with Gasteiger partial charge in [-0.3, -0.25) is 14.4 Å². The predicted octanol–water partition coefficient (Wildman–Crippen LogP) is 4.64. The number of hydrogen-bond acceptors (Lipinski definition) is 10. The summed E-state index contributed by atoms with van der Waals surface area (Å²) in [7, 11) is 6.15. The minimum Gasteiger partial charge on any atom is -0.468 e. The molecule has 1 aliphatic heterocycles. The molecule has 0 spiro atoms. The maximum absolute atomic E-state index is 15.5. The molecule has 14 heteroatoms. The molecule has 0 radical (unpaired) electrons. The third-order valence-corrected chi connectivity index (χ3v) is 7.75. The van der Waals surface area contributed by atoms with Crippen LogP contribution in [-0.4, -0.2) is 94.5 Å². The molecule has 256 valence electrons. The highest BCUT2D eigenvalue weighted by atomic mass is 19.1. The van der Waals surface area contributed by atoms with E-state index >= 15 is 4.39 Å². The smallest absolute Gasteiger partial charge is 0.468 e. The van der Waals surface area contributed by atoms with Gasteiger partial charge in [-0.15, -0.1) is 0 Å². The Labute approximate surface area is 277 Å². The van der Waals surface area contributed by atoms with Crippen LogP contribution in [-0.2, 0) is 14.3 Å². The molecule has 2 unspecified atom stereocenters. The molecule has 2 N–H and O–H groups in total. The van der Waals surface area contributed by atoms with Crippen LogP contribution in [0.4, 0.5) is 14.9 Å². The van der Waals surface area contributed by atoms with Gasteiger partial charge in [0.15, 0.2) is 31.7 Å². The van der Waals surface area contributed by atoms with Crippen LogP contribution in [0.3, 0.4) is 0 Å². The van der Waals surface area contributed by atoms with Gasteiger partial charge in [0.2, 0.25) is 0 Å². The van der Waals surface area contributed by atoms with Gasteiger partial charge in [0.05, 0.1) is 17.3 Å². The highest BCUT2D eigenvalue weighted by Crippen LogP contribution is 2.31. The highest BCUT2D eigenvalue weighted by Gasteiger charge is 2.46. The van der Waals surface area contributed by atoms with Crippen LogP contribution in [0.25, 0.3) is 0 Å². The summed E-state index contributed by atoms with van der Waals surface area (Å²) in [4.78, 5) is 59.5. The number of amides is 2. The normalized spacial score (nSPS) is 17.5. The molecule has 4 rings (SSSR count). The van der Waals surface area contributed by atoms with E-state index in [4.69, 9.17) is 23.8 Å². The van der Waals surface area contributed by atoms with Gasteiger partial charge in [-0.25, -0.2) is 9.18 Å². The number of nitrogens with one attached hydrogen (secondary N) is 1. The van der Waals surface area contributed by atoms with E-state index in [2.05, 4.69) is 5.32 Å². The number of hydrogen-bond donors (Lipinski definition) is 2. The molecule has 13 nitrogen and oxygen atoms in total.